The molecule has 0 aliphatic rings. The fraction of sp³-hybridized carbons (Fsp3) is 0.333. The molecule has 0 aliphatic heterocycles. The highest BCUT2D eigenvalue weighted by Gasteiger charge is 2.30. The Kier molecular flexibility index (Phi) is 10.1. The number of rotatable bonds is 12. The summed E-state index contributed by atoms with van der Waals surface area (Å²) in [4.78, 5) is 17.7. The zero-order valence-corrected chi connectivity index (χ0v) is 22.1. The van der Waals surface area contributed by atoms with Crippen molar-refractivity contribution in [1.82, 2.24) is 20.0 Å². The van der Waals surface area contributed by atoms with E-state index in [9.17, 15) is 9.90 Å². The molecule has 3 aromatic rings. The molecule has 0 fully saturated rings. The van der Waals surface area contributed by atoms with Crippen LogP contribution in [0.3, 0.4) is 0 Å². The number of H-pyrrole nitrogens is 1. The van der Waals surface area contributed by atoms with Gasteiger partial charge in [-0.2, -0.15) is 5.10 Å². The van der Waals surface area contributed by atoms with Gasteiger partial charge in [-0.05, 0) is 56.9 Å². The molecule has 0 saturated heterocycles. The minimum atomic E-state index is -0.706. The lowest BCUT2D eigenvalue weighted by Gasteiger charge is -2.38. The standard InChI is InChI=1S/C30H39N5O2/c1-5-8-12-23(6-2)17-18-35(28(22(4)36)20-24-13-10-9-11-14-24)30(37)34(7-3)21-25-15-16-27-26(19-25)29(31)33-32-27/h5-6,8-16,19,22,28,36H,1,7,17-18,20-21H2,2-4H3,(H3,31,32,33)/b12-8-,23-6+. The van der Waals surface area contributed by atoms with E-state index in [1.807, 2.05) is 90.4 Å². The topological polar surface area (TPSA) is 98.5 Å². The number of hydrogen-bond acceptors (Lipinski definition) is 4. The van der Waals surface area contributed by atoms with Gasteiger partial charge in [-0.1, -0.05) is 72.9 Å². The number of amides is 2. The normalized spacial score (nSPS) is 13.6. The molecule has 7 heteroatoms. The largest absolute Gasteiger partial charge is 0.391 e. The average molecular weight is 502 g/mol. The number of aromatic nitrogens is 2. The van der Waals surface area contributed by atoms with E-state index < -0.39 is 6.10 Å². The van der Waals surface area contributed by atoms with E-state index in [1.165, 1.54) is 0 Å². The monoisotopic (exact) mass is 501 g/mol. The summed E-state index contributed by atoms with van der Waals surface area (Å²) < 4.78 is 0. The third-order valence-electron chi connectivity index (χ3n) is 6.63. The van der Waals surface area contributed by atoms with E-state index in [1.54, 1.807) is 13.0 Å². The van der Waals surface area contributed by atoms with Crippen molar-refractivity contribution in [3.05, 3.63) is 96.1 Å². The van der Waals surface area contributed by atoms with E-state index in [-0.39, 0.29) is 12.1 Å². The van der Waals surface area contributed by atoms with Crippen LogP contribution < -0.4 is 5.73 Å². The van der Waals surface area contributed by atoms with Crippen molar-refractivity contribution >= 4 is 22.8 Å². The molecule has 0 aliphatic carbocycles. The van der Waals surface area contributed by atoms with Crippen molar-refractivity contribution in [1.29, 1.82) is 0 Å². The maximum Gasteiger partial charge on any atom is 0.320 e. The molecule has 0 spiro atoms. The highest BCUT2D eigenvalue weighted by atomic mass is 16.3. The first-order valence-electron chi connectivity index (χ1n) is 12.8. The third kappa shape index (κ3) is 7.33. The van der Waals surface area contributed by atoms with Gasteiger partial charge < -0.3 is 20.6 Å². The van der Waals surface area contributed by atoms with Crippen LogP contribution in [-0.2, 0) is 13.0 Å². The first kappa shape index (κ1) is 27.7. The Morgan fingerprint density at radius 3 is 2.62 bits per heavy atom. The molecule has 2 aromatic carbocycles. The SMILES string of the molecule is C=C/C=C\C(=C/C)CCN(C(=O)N(CC)Cc1ccc2[nH]nc(N)c2c1)C(Cc1ccccc1)C(C)O. The van der Waals surface area contributed by atoms with E-state index in [4.69, 9.17) is 5.73 Å². The summed E-state index contributed by atoms with van der Waals surface area (Å²) in [6, 6.07) is 15.4. The number of nitrogens with two attached hydrogens (primary N) is 1. The van der Waals surface area contributed by atoms with Crippen molar-refractivity contribution in [3.63, 3.8) is 0 Å². The molecule has 3 rings (SSSR count). The summed E-state index contributed by atoms with van der Waals surface area (Å²) in [6.45, 7) is 10.9. The zero-order chi connectivity index (χ0) is 26.8. The van der Waals surface area contributed by atoms with E-state index in [0.29, 0.717) is 38.3 Å². The van der Waals surface area contributed by atoms with Crippen LogP contribution in [0.2, 0.25) is 0 Å². The number of aromatic amines is 1. The molecule has 0 bridgehead atoms. The van der Waals surface area contributed by atoms with Gasteiger partial charge >= 0.3 is 6.03 Å². The number of nitrogen functional groups attached to an aromatic ring is 1. The Morgan fingerprint density at radius 2 is 1.97 bits per heavy atom. The number of hydrogen-bond donors (Lipinski definition) is 3. The molecule has 0 radical (unpaired) electrons. The lowest BCUT2D eigenvalue weighted by Crippen LogP contribution is -2.52. The van der Waals surface area contributed by atoms with Crippen LogP contribution in [0.1, 0.15) is 38.3 Å². The minimum Gasteiger partial charge on any atom is -0.391 e. The molecule has 4 N–H and O–H groups in total. The lowest BCUT2D eigenvalue weighted by atomic mass is 9.99. The maximum absolute atomic E-state index is 14.1. The fourth-order valence-corrected chi connectivity index (χ4v) is 4.46. The smallest absolute Gasteiger partial charge is 0.320 e. The van der Waals surface area contributed by atoms with Crippen LogP contribution in [0.15, 0.2) is 85.0 Å². The molecule has 1 heterocycles. The molecule has 2 amide bonds. The van der Waals surface area contributed by atoms with E-state index >= 15 is 0 Å². The predicted octanol–water partition coefficient (Wildman–Crippen LogP) is 5.46. The quantitative estimate of drug-likeness (QED) is 0.287. The van der Waals surface area contributed by atoms with Crippen molar-refractivity contribution in [2.75, 3.05) is 18.8 Å². The number of benzene rings is 2. The summed E-state index contributed by atoms with van der Waals surface area (Å²) in [5.41, 5.74) is 10.0. The minimum absolute atomic E-state index is 0.104. The van der Waals surface area contributed by atoms with Crippen LogP contribution in [0.4, 0.5) is 10.6 Å². The Labute approximate surface area is 220 Å². The Morgan fingerprint density at radius 1 is 1.22 bits per heavy atom. The molecule has 7 nitrogen and oxygen atoms in total. The summed E-state index contributed by atoms with van der Waals surface area (Å²) in [5.74, 6) is 0.441. The van der Waals surface area contributed by atoms with Gasteiger partial charge in [-0.3, -0.25) is 5.10 Å². The Balaban J connectivity index is 1.90. The van der Waals surface area contributed by atoms with E-state index in [0.717, 1.165) is 27.6 Å². The van der Waals surface area contributed by atoms with Gasteiger partial charge in [0.15, 0.2) is 5.82 Å². The molecule has 37 heavy (non-hydrogen) atoms. The second kappa shape index (κ2) is 13.5. The maximum atomic E-state index is 14.1. The first-order chi connectivity index (χ1) is 17.9. The third-order valence-corrected chi connectivity index (χ3v) is 6.63. The Hall–Kier alpha value is -3.84. The highest BCUT2D eigenvalue weighted by Crippen LogP contribution is 2.22. The summed E-state index contributed by atoms with van der Waals surface area (Å²) >= 11 is 0. The molecular weight excluding hydrogens is 462 g/mol. The number of urea groups is 1. The first-order valence-corrected chi connectivity index (χ1v) is 12.8. The number of nitrogens with zero attached hydrogens (tertiary/aromatic N) is 3. The van der Waals surface area contributed by atoms with Gasteiger partial charge in [0.2, 0.25) is 0 Å². The number of carbonyl (C=O) groups is 1. The van der Waals surface area contributed by atoms with Crippen LogP contribution in [0.5, 0.6) is 0 Å². The number of fused-ring (bicyclic) bond motifs is 1. The Bertz CT molecular complexity index is 1230. The average Bonchev–Trinajstić information content (AvgIpc) is 3.28. The zero-order valence-electron chi connectivity index (χ0n) is 22.1. The highest BCUT2D eigenvalue weighted by molar-refractivity contribution is 5.89. The predicted molar refractivity (Wildman–Crippen MR) is 152 cm³/mol. The van der Waals surface area contributed by atoms with E-state index in [2.05, 4.69) is 16.8 Å². The number of anilines is 1. The molecule has 1 aromatic heterocycles. The number of nitrogens with one attached hydrogen (secondary N) is 1. The molecule has 196 valence electrons. The van der Waals surface area contributed by atoms with Crippen LogP contribution >= 0.6 is 0 Å². The van der Waals surface area contributed by atoms with Gasteiger partial charge in [0, 0.05) is 25.0 Å². The van der Waals surface area contributed by atoms with Gasteiger partial charge in [-0.15, -0.1) is 0 Å². The number of aliphatic hydroxyl groups excluding tert-OH is 1. The van der Waals surface area contributed by atoms with Crippen molar-refractivity contribution < 1.29 is 9.90 Å². The summed E-state index contributed by atoms with van der Waals surface area (Å²) in [6.07, 6.45) is 8.21. The van der Waals surface area contributed by atoms with Crippen LogP contribution in [0.25, 0.3) is 10.9 Å². The lowest BCUT2D eigenvalue weighted by molar-refractivity contribution is 0.0630. The van der Waals surface area contributed by atoms with Gasteiger partial charge in [0.05, 0.1) is 17.7 Å². The number of allylic oxidation sites excluding steroid dienone is 4. The van der Waals surface area contributed by atoms with Crippen LogP contribution in [-0.4, -0.2) is 56.4 Å². The molecule has 2 unspecified atom stereocenters. The van der Waals surface area contributed by atoms with Gasteiger partial charge in [0.1, 0.15) is 0 Å². The van der Waals surface area contributed by atoms with Gasteiger partial charge in [-0.25, -0.2) is 4.79 Å². The van der Waals surface area contributed by atoms with Gasteiger partial charge in [0.25, 0.3) is 0 Å². The van der Waals surface area contributed by atoms with Crippen molar-refractivity contribution in [3.8, 4) is 0 Å². The number of carbonyl (C=O) groups excluding carboxylic acids is 1. The molecular formula is C30H39N5O2. The summed E-state index contributed by atoms with van der Waals surface area (Å²) in [7, 11) is 0. The fourth-order valence-electron chi connectivity index (χ4n) is 4.46. The number of aliphatic hydroxyl groups is 1. The summed E-state index contributed by atoms with van der Waals surface area (Å²) in [5, 5.41) is 18.7. The second-order valence-corrected chi connectivity index (χ2v) is 9.19. The second-order valence-electron chi connectivity index (χ2n) is 9.19. The molecule has 0 saturated carbocycles. The molecule has 2 atom stereocenters. The van der Waals surface area contributed by atoms with Crippen molar-refractivity contribution in [2.45, 2.75) is 52.3 Å². The van der Waals surface area contributed by atoms with Crippen LogP contribution in [0, 0.1) is 0 Å². The van der Waals surface area contributed by atoms with Crippen molar-refractivity contribution in [2.24, 2.45) is 0 Å².